The van der Waals surface area contributed by atoms with Gasteiger partial charge in [-0.15, -0.1) is 0 Å². The number of aromatic nitrogens is 2. The standard InChI is InChI=1S/C11H22N4/c1-10(2)15-9-7-13-11(15)14(4)8-5-6-12-3/h7,9-10,12H,5-6,8H2,1-4H3. The topological polar surface area (TPSA) is 33.1 Å². The zero-order valence-electron chi connectivity index (χ0n) is 10.2. The summed E-state index contributed by atoms with van der Waals surface area (Å²) in [6, 6.07) is 0.467. The van der Waals surface area contributed by atoms with Gasteiger partial charge in [-0.25, -0.2) is 4.98 Å². The highest BCUT2D eigenvalue weighted by molar-refractivity contribution is 5.30. The van der Waals surface area contributed by atoms with Crippen molar-refractivity contribution in [2.75, 3.05) is 32.1 Å². The minimum atomic E-state index is 0.467. The lowest BCUT2D eigenvalue weighted by molar-refractivity contribution is 0.587. The Kier molecular flexibility index (Phi) is 4.62. The van der Waals surface area contributed by atoms with Crippen LogP contribution in [0.25, 0.3) is 0 Å². The van der Waals surface area contributed by atoms with Crippen LogP contribution in [0, 0.1) is 0 Å². The first kappa shape index (κ1) is 12.0. The summed E-state index contributed by atoms with van der Waals surface area (Å²) in [5.41, 5.74) is 0. The van der Waals surface area contributed by atoms with Gasteiger partial charge in [0.1, 0.15) is 0 Å². The molecular weight excluding hydrogens is 188 g/mol. The van der Waals surface area contributed by atoms with Crippen LogP contribution in [0.1, 0.15) is 26.3 Å². The summed E-state index contributed by atoms with van der Waals surface area (Å²) >= 11 is 0. The third-order valence-electron chi connectivity index (χ3n) is 2.47. The molecule has 0 bridgehead atoms. The van der Waals surface area contributed by atoms with Gasteiger partial charge in [-0.05, 0) is 33.9 Å². The number of hydrogen-bond donors (Lipinski definition) is 1. The van der Waals surface area contributed by atoms with E-state index in [2.05, 4.69) is 40.7 Å². The van der Waals surface area contributed by atoms with E-state index < -0.39 is 0 Å². The highest BCUT2D eigenvalue weighted by Crippen LogP contribution is 2.15. The Bertz CT molecular complexity index is 280. The van der Waals surface area contributed by atoms with E-state index in [0.29, 0.717) is 6.04 Å². The van der Waals surface area contributed by atoms with E-state index in [4.69, 9.17) is 0 Å². The van der Waals surface area contributed by atoms with Crippen LogP contribution in [0.5, 0.6) is 0 Å². The van der Waals surface area contributed by atoms with Gasteiger partial charge in [0.15, 0.2) is 0 Å². The van der Waals surface area contributed by atoms with Crippen molar-refractivity contribution in [1.82, 2.24) is 14.9 Å². The van der Waals surface area contributed by atoms with Gasteiger partial charge < -0.3 is 14.8 Å². The summed E-state index contributed by atoms with van der Waals surface area (Å²) in [6.07, 6.45) is 5.04. The van der Waals surface area contributed by atoms with Crippen LogP contribution in [0.3, 0.4) is 0 Å². The molecule has 1 rings (SSSR count). The maximum atomic E-state index is 4.38. The van der Waals surface area contributed by atoms with E-state index >= 15 is 0 Å². The lowest BCUT2D eigenvalue weighted by Gasteiger charge is -2.21. The van der Waals surface area contributed by atoms with E-state index in [0.717, 1.165) is 25.5 Å². The van der Waals surface area contributed by atoms with Crippen LogP contribution >= 0.6 is 0 Å². The summed E-state index contributed by atoms with van der Waals surface area (Å²) in [4.78, 5) is 6.59. The molecule has 1 aromatic heterocycles. The van der Waals surface area contributed by atoms with E-state index in [9.17, 15) is 0 Å². The molecule has 0 aromatic carbocycles. The Morgan fingerprint density at radius 3 is 2.87 bits per heavy atom. The molecule has 86 valence electrons. The van der Waals surface area contributed by atoms with E-state index in [1.54, 1.807) is 0 Å². The molecular formula is C11H22N4. The van der Waals surface area contributed by atoms with Gasteiger partial charge in [-0.2, -0.15) is 0 Å². The fraction of sp³-hybridized carbons (Fsp3) is 0.727. The van der Waals surface area contributed by atoms with Gasteiger partial charge in [0.25, 0.3) is 0 Å². The maximum Gasteiger partial charge on any atom is 0.205 e. The zero-order valence-corrected chi connectivity index (χ0v) is 10.2. The first-order chi connectivity index (χ1) is 7.16. The minimum Gasteiger partial charge on any atom is -0.345 e. The van der Waals surface area contributed by atoms with Gasteiger partial charge in [-0.3, -0.25) is 0 Å². The Balaban J connectivity index is 2.56. The zero-order chi connectivity index (χ0) is 11.3. The maximum absolute atomic E-state index is 4.38. The second-order valence-electron chi connectivity index (χ2n) is 4.11. The van der Waals surface area contributed by atoms with Crippen molar-refractivity contribution in [3.63, 3.8) is 0 Å². The molecule has 0 fully saturated rings. The quantitative estimate of drug-likeness (QED) is 0.723. The van der Waals surface area contributed by atoms with Crippen molar-refractivity contribution >= 4 is 5.95 Å². The summed E-state index contributed by atoms with van der Waals surface area (Å²) in [6.45, 7) is 6.43. The summed E-state index contributed by atoms with van der Waals surface area (Å²) in [7, 11) is 4.08. The molecule has 1 heterocycles. The molecule has 15 heavy (non-hydrogen) atoms. The molecule has 4 heteroatoms. The van der Waals surface area contributed by atoms with Crippen molar-refractivity contribution in [1.29, 1.82) is 0 Å². The number of anilines is 1. The van der Waals surface area contributed by atoms with Crippen molar-refractivity contribution < 1.29 is 0 Å². The van der Waals surface area contributed by atoms with Gasteiger partial charge >= 0.3 is 0 Å². The van der Waals surface area contributed by atoms with Crippen molar-refractivity contribution in [3.8, 4) is 0 Å². The molecule has 0 unspecified atom stereocenters. The minimum absolute atomic E-state index is 0.467. The lowest BCUT2D eigenvalue weighted by Crippen LogP contribution is -2.25. The van der Waals surface area contributed by atoms with Gasteiger partial charge in [-0.1, -0.05) is 0 Å². The average Bonchev–Trinajstić information content (AvgIpc) is 2.66. The molecule has 0 saturated carbocycles. The van der Waals surface area contributed by atoms with Crippen LogP contribution in [0.15, 0.2) is 12.4 Å². The molecule has 1 aromatic rings. The van der Waals surface area contributed by atoms with Crippen LogP contribution in [0.2, 0.25) is 0 Å². The van der Waals surface area contributed by atoms with Crippen LogP contribution in [-0.2, 0) is 0 Å². The van der Waals surface area contributed by atoms with E-state index in [-0.39, 0.29) is 0 Å². The molecule has 0 saturated heterocycles. The largest absolute Gasteiger partial charge is 0.345 e. The Morgan fingerprint density at radius 1 is 1.53 bits per heavy atom. The van der Waals surface area contributed by atoms with Crippen LogP contribution in [0.4, 0.5) is 5.95 Å². The number of nitrogens with zero attached hydrogens (tertiary/aromatic N) is 3. The number of rotatable bonds is 6. The van der Waals surface area contributed by atoms with Crippen molar-refractivity contribution in [2.45, 2.75) is 26.3 Å². The third kappa shape index (κ3) is 3.23. The van der Waals surface area contributed by atoms with Gasteiger partial charge in [0, 0.05) is 32.0 Å². The molecule has 0 aliphatic carbocycles. The molecule has 0 radical (unpaired) electrons. The Hall–Kier alpha value is -1.03. The third-order valence-corrected chi connectivity index (χ3v) is 2.47. The average molecular weight is 210 g/mol. The summed E-state index contributed by atoms with van der Waals surface area (Å²) in [5, 5.41) is 3.15. The second-order valence-corrected chi connectivity index (χ2v) is 4.11. The van der Waals surface area contributed by atoms with Crippen LogP contribution < -0.4 is 10.2 Å². The van der Waals surface area contributed by atoms with Crippen molar-refractivity contribution in [2.24, 2.45) is 0 Å². The Labute approximate surface area is 92.3 Å². The predicted octanol–water partition coefficient (Wildman–Crippen LogP) is 1.51. The highest BCUT2D eigenvalue weighted by Gasteiger charge is 2.09. The molecule has 0 aliphatic heterocycles. The molecule has 0 atom stereocenters. The van der Waals surface area contributed by atoms with Gasteiger partial charge in [0.2, 0.25) is 5.95 Å². The molecule has 0 aliphatic rings. The molecule has 0 spiro atoms. The highest BCUT2D eigenvalue weighted by atomic mass is 15.3. The number of imidazole rings is 1. The number of nitrogens with one attached hydrogen (secondary N) is 1. The fourth-order valence-electron chi connectivity index (χ4n) is 1.60. The van der Waals surface area contributed by atoms with Crippen LogP contribution in [-0.4, -0.2) is 36.7 Å². The molecule has 1 N–H and O–H groups in total. The second kappa shape index (κ2) is 5.75. The summed E-state index contributed by atoms with van der Waals surface area (Å²) in [5.74, 6) is 1.06. The first-order valence-electron chi connectivity index (χ1n) is 5.55. The molecule has 0 amide bonds. The SMILES string of the molecule is CNCCCN(C)c1nccn1C(C)C. The smallest absolute Gasteiger partial charge is 0.205 e. The predicted molar refractivity (Wildman–Crippen MR) is 64.4 cm³/mol. The van der Waals surface area contributed by atoms with E-state index in [1.807, 2.05) is 19.4 Å². The lowest BCUT2D eigenvalue weighted by atomic mass is 10.4. The Morgan fingerprint density at radius 2 is 2.27 bits per heavy atom. The monoisotopic (exact) mass is 210 g/mol. The first-order valence-corrected chi connectivity index (χ1v) is 5.55. The van der Waals surface area contributed by atoms with Gasteiger partial charge in [0.05, 0.1) is 0 Å². The number of hydrogen-bond acceptors (Lipinski definition) is 3. The summed E-state index contributed by atoms with van der Waals surface area (Å²) < 4.78 is 2.19. The normalized spacial score (nSPS) is 11.0. The van der Waals surface area contributed by atoms with E-state index in [1.165, 1.54) is 0 Å². The van der Waals surface area contributed by atoms with Crippen molar-refractivity contribution in [3.05, 3.63) is 12.4 Å². The fourth-order valence-corrected chi connectivity index (χ4v) is 1.60. The molecule has 4 nitrogen and oxygen atoms in total.